The van der Waals surface area contributed by atoms with Gasteiger partial charge in [0.05, 0.1) is 0 Å². The highest BCUT2D eigenvalue weighted by molar-refractivity contribution is 7.86. The monoisotopic (exact) mass is 360 g/mol. The Hall–Kier alpha value is -0.680. The topological polar surface area (TPSA) is 71.4 Å². The van der Waals surface area contributed by atoms with Crippen LogP contribution in [0.3, 0.4) is 0 Å². The molecule has 0 amide bonds. The number of carbonyl (C=O) groups is 1. The van der Waals surface area contributed by atoms with Crippen molar-refractivity contribution in [2.75, 3.05) is 5.75 Å². The van der Waals surface area contributed by atoms with Crippen LogP contribution in [0.2, 0.25) is 0 Å². The Labute approximate surface area is 148 Å². The Bertz CT molecular complexity index is 427. The van der Waals surface area contributed by atoms with Gasteiger partial charge in [0.15, 0.2) is 0 Å². The molecule has 0 aliphatic heterocycles. The molecule has 0 saturated carbocycles. The molecule has 4 nitrogen and oxygen atoms in total. The molecule has 0 heterocycles. The zero-order valence-electron chi connectivity index (χ0n) is 15.3. The van der Waals surface area contributed by atoms with Crippen LogP contribution in [-0.2, 0) is 14.9 Å². The van der Waals surface area contributed by atoms with Crippen molar-refractivity contribution in [3.05, 3.63) is 12.2 Å². The summed E-state index contributed by atoms with van der Waals surface area (Å²) >= 11 is 0. The summed E-state index contributed by atoms with van der Waals surface area (Å²) in [5, 5.41) is 0. The average Bonchev–Trinajstić information content (AvgIpc) is 2.49. The second kappa shape index (κ2) is 15.8. The molecular weight excluding hydrogens is 324 g/mol. The first kappa shape index (κ1) is 23.3. The Kier molecular flexibility index (Phi) is 15.4. The molecule has 0 atom stereocenters. The molecular formula is C19H36O4S. The second-order valence-electron chi connectivity index (χ2n) is 6.60. The van der Waals surface area contributed by atoms with E-state index in [0.717, 1.165) is 25.7 Å². The Morgan fingerprint density at radius 2 is 1.25 bits per heavy atom. The minimum absolute atomic E-state index is 0.248. The molecule has 0 aromatic heterocycles. The van der Waals surface area contributed by atoms with E-state index in [9.17, 15) is 13.2 Å². The first-order chi connectivity index (χ1) is 11.5. The summed E-state index contributed by atoms with van der Waals surface area (Å²) in [6.07, 6.45) is 20.3. The molecule has 142 valence electrons. The standard InChI is InChI=1S/C19H36O4S/c1-2-3-4-5-6-7-8-9-10-11-12-13-14-15-16-17-19(20)18-24(21,22)23/h9-10H,2-8,11-18H2,1H3,(H,21,22,23)/b10-9-. The van der Waals surface area contributed by atoms with E-state index in [1.54, 1.807) is 0 Å². The molecule has 0 spiro atoms. The maximum Gasteiger partial charge on any atom is 0.272 e. The van der Waals surface area contributed by atoms with Gasteiger partial charge in [-0.1, -0.05) is 70.4 Å². The summed E-state index contributed by atoms with van der Waals surface area (Å²) in [6.45, 7) is 2.24. The fourth-order valence-electron chi connectivity index (χ4n) is 2.67. The number of hydrogen-bond acceptors (Lipinski definition) is 3. The predicted molar refractivity (Wildman–Crippen MR) is 101 cm³/mol. The summed E-state index contributed by atoms with van der Waals surface area (Å²) in [5.74, 6) is -1.13. The zero-order chi connectivity index (χ0) is 18.1. The van der Waals surface area contributed by atoms with E-state index in [0.29, 0.717) is 6.42 Å². The lowest BCUT2D eigenvalue weighted by atomic mass is 10.1. The zero-order valence-corrected chi connectivity index (χ0v) is 16.2. The van der Waals surface area contributed by atoms with E-state index in [1.807, 2.05) is 0 Å². The highest BCUT2D eigenvalue weighted by Crippen LogP contribution is 2.10. The van der Waals surface area contributed by atoms with Crippen molar-refractivity contribution in [1.82, 2.24) is 0 Å². The molecule has 0 aromatic carbocycles. The summed E-state index contributed by atoms with van der Waals surface area (Å²) in [5.41, 5.74) is 0. The number of carbonyl (C=O) groups excluding carboxylic acids is 1. The molecule has 0 aliphatic carbocycles. The molecule has 1 N–H and O–H groups in total. The first-order valence-electron chi connectivity index (χ1n) is 9.57. The van der Waals surface area contributed by atoms with Crippen LogP contribution in [0.1, 0.15) is 96.8 Å². The third-order valence-corrected chi connectivity index (χ3v) is 4.75. The van der Waals surface area contributed by atoms with Crippen molar-refractivity contribution in [2.24, 2.45) is 0 Å². The van der Waals surface area contributed by atoms with Gasteiger partial charge < -0.3 is 0 Å². The van der Waals surface area contributed by atoms with Gasteiger partial charge in [0.25, 0.3) is 10.1 Å². The molecule has 0 aliphatic rings. The second-order valence-corrected chi connectivity index (χ2v) is 8.05. The van der Waals surface area contributed by atoms with Gasteiger partial charge in [0.1, 0.15) is 11.5 Å². The molecule has 0 bridgehead atoms. The van der Waals surface area contributed by atoms with Gasteiger partial charge >= 0.3 is 0 Å². The third-order valence-electron chi connectivity index (χ3n) is 4.06. The Morgan fingerprint density at radius 3 is 1.75 bits per heavy atom. The number of rotatable bonds is 17. The van der Waals surface area contributed by atoms with E-state index in [-0.39, 0.29) is 6.42 Å². The average molecular weight is 361 g/mol. The lowest BCUT2D eigenvalue weighted by molar-refractivity contribution is -0.116. The van der Waals surface area contributed by atoms with Gasteiger partial charge in [-0.3, -0.25) is 9.35 Å². The smallest absolute Gasteiger partial charge is 0.272 e. The molecule has 5 heteroatoms. The Morgan fingerprint density at radius 1 is 0.792 bits per heavy atom. The van der Waals surface area contributed by atoms with Crippen LogP contribution in [0, 0.1) is 0 Å². The summed E-state index contributed by atoms with van der Waals surface area (Å²) in [4.78, 5) is 11.2. The molecule has 0 radical (unpaired) electrons. The quantitative estimate of drug-likeness (QED) is 0.212. The number of allylic oxidation sites excluding steroid dienone is 2. The first-order valence-corrected chi connectivity index (χ1v) is 11.2. The summed E-state index contributed by atoms with van der Waals surface area (Å²) < 4.78 is 29.6. The third kappa shape index (κ3) is 19.4. The highest BCUT2D eigenvalue weighted by atomic mass is 32.2. The normalized spacial score (nSPS) is 12.1. The van der Waals surface area contributed by atoms with Crippen molar-refractivity contribution >= 4 is 15.9 Å². The Balaban J connectivity index is 3.27. The molecule has 0 saturated heterocycles. The number of ketones is 1. The predicted octanol–water partition coefficient (Wildman–Crippen LogP) is 5.48. The molecule has 24 heavy (non-hydrogen) atoms. The van der Waals surface area contributed by atoms with Crippen molar-refractivity contribution in [3.63, 3.8) is 0 Å². The van der Waals surface area contributed by atoms with Gasteiger partial charge in [0.2, 0.25) is 0 Å². The van der Waals surface area contributed by atoms with Crippen LogP contribution < -0.4 is 0 Å². The SMILES string of the molecule is CCCCCCCC/C=C\CCCCCCCC(=O)CS(=O)(=O)O. The van der Waals surface area contributed by atoms with Gasteiger partial charge in [-0.15, -0.1) is 0 Å². The number of unbranched alkanes of at least 4 members (excludes halogenated alkanes) is 11. The van der Waals surface area contributed by atoms with Gasteiger partial charge in [-0.25, -0.2) is 0 Å². The molecule has 0 aromatic rings. The lowest BCUT2D eigenvalue weighted by Gasteiger charge is -2.00. The highest BCUT2D eigenvalue weighted by Gasteiger charge is 2.11. The van der Waals surface area contributed by atoms with Crippen LogP contribution >= 0.6 is 0 Å². The van der Waals surface area contributed by atoms with Gasteiger partial charge in [-0.2, -0.15) is 8.42 Å². The van der Waals surface area contributed by atoms with Crippen molar-refractivity contribution in [3.8, 4) is 0 Å². The fourth-order valence-corrected chi connectivity index (χ4v) is 3.22. The van der Waals surface area contributed by atoms with Gasteiger partial charge in [-0.05, 0) is 32.1 Å². The molecule has 0 unspecified atom stereocenters. The van der Waals surface area contributed by atoms with E-state index >= 15 is 0 Å². The van der Waals surface area contributed by atoms with E-state index < -0.39 is 21.7 Å². The minimum atomic E-state index is -4.15. The van der Waals surface area contributed by atoms with E-state index in [4.69, 9.17) is 4.55 Å². The lowest BCUT2D eigenvalue weighted by Crippen LogP contribution is -2.14. The van der Waals surface area contributed by atoms with Crippen molar-refractivity contribution in [2.45, 2.75) is 96.8 Å². The summed E-state index contributed by atoms with van der Waals surface area (Å²) in [6, 6.07) is 0. The van der Waals surface area contributed by atoms with E-state index in [2.05, 4.69) is 19.1 Å². The largest absolute Gasteiger partial charge is 0.298 e. The number of Topliss-reactive ketones (excluding diaryl/α,β-unsaturated/α-hetero) is 1. The minimum Gasteiger partial charge on any atom is -0.298 e. The van der Waals surface area contributed by atoms with Crippen molar-refractivity contribution < 1.29 is 17.8 Å². The van der Waals surface area contributed by atoms with Gasteiger partial charge in [0, 0.05) is 6.42 Å². The molecule has 0 rings (SSSR count). The van der Waals surface area contributed by atoms with Crippen LogP contribution in [0.15, 0.2) is 12.2 Å². The van der Waals surface area contributed by atoms with Crippen LogP contribution in [0.4, 0.5) is 0 Å². The van der Waals surface area contributed by atoms with Crippen molar-refractivity contribution in [1.29, 1.82) is 0 Å². The summed E-state index contributed by atoms with van der Waals surface area (Å²) in [7, 11) is -4.15. The van der Waals surface area contributed by atoms with Crippen LogP contribution in [0.25, 0.3) is 0 Å². The maximum absolute atomic E-state index is 11.2. The number of hydrogen-bond donors (Lipinski definition) is 1. The van der Waals surface area contributed by atoms with Crippen LogP contribution in [-0.4, -0.2) is 24.5 Å². The molecule has 0 fully saturated rings. The fraction of sp³-hybridized carbons (Fsp3) is 0.842. The van der Waals surface area contributed by atoms with E-state index in [1.165, 1.54) is 51.4 Å². The maximum atomic E-state index is 11.2. The van der Waals surface area contributed by atoms with Crippen LogP contribution in [0.5, 0.6) is 0 Å².